The van der Waals surface area contributed by atoms with Crippen molar-refractivity contribution in [3.05, 3.63) is 18.3 Å². The second-order valence-electron chi connectivity index (χ2n) is 5.52. The fourth-order valence-corrected chi connectivity index (χ4v) is 2.90. The van der Waals surface area contributed by atoms with E-state index in [1.807, 2.05) is 13.0 Å². The first-order chi connectivity index (χ1) is 9.74. The van der Waals surface area contributed by atoms with Crippen LogP contribution in [0.2, 0.25) is 0 Å². The zero-order valence-electron chi connectivity index (χ0n) is 12.9. The Balaban J connectivity index is 1.98. The molecule has 1 fully saturated rings. The maximum absolute atomic E-state index is 5.58. The molecule has 1 aliphatic heterocycles. The molecule has 2 rings (SSSR count). The van der Waals surface area contributed by atoms with Gasteiger partial charge in [0.15, 0.2) is 0 Å². The van der Waals surface area contributed by atoms with Gasteiger partial charge in [-0.1, -0.05) is 6.92 Å². The summed E-state index contributed by atoms with van der Waals surface area (Å²) < 4.78 is 5.58. The van der Waals surface area contributed by atoms with Crippen LogP contribution in [0.25, 0.3) is 0 Å². The lowest BCUT2D eigenvalue weighted by Crippen LogP contribution is -2.41. The monoisotopic (exact) mass is 277 g/mol. The first-order valence-corrected chi connectivity index (χ1v) is 7.81. The van der Waals surface area contributed by atoms with Crippen LogP contribution in [-0.2, 0) is 0 Å². The van der Waals surface area contributed by atoms with Crippen LogP contribution >= 0.6 is 0 Å². The number of nitrogens with zero attached hydrogens (tertiary/aromatic N) is 2. The van der Waals surface area contributed by atoms with Crippen LogP contribution in [0.4, 0.5) is 5.69 Å². The van der Waals surface area contributed by atoms with E-state index in [4.69, 9.17) is 4.74 Å². The number of ether oxygens (including phenoxy) is 1. The molecule has 1 aromatic rings. The number of anilines is 1. The Morgan fingerprint density at radius 1 is 1.50 bits per heavy atom. The first-order valence-electron chi connectivity index (χ1n) is 7.81. The average Bonchev–Trinajstić information content (AvgIpc) is 2.49. The van der Waals surface area contributed by atoms with Crippen molar-refractivity contribution in [2.45, 2.75) is 39.7 Å². The lowest BCUT2D eigenvalue weighted by atomic mass is 9.91. The van der Waals surface area contributed by atoms with E-state index in [2.05, 4.69) is 35.1 Å². The number of rotatable bonds is 6. The highest BCUT2D eigenvalue weighted by Gasteiger charge is 2.24. The van der Waals surface area contributed by atoms with Gasteiger partial charge in [0.2, 0.25) is 5.88 Å². The molecule has 4 heteroatoms. The summed E-state index contributed by atoms with van der Waals surface area (Å²) in [6.45, 7) is 10.7. The van der Waals surface area contributed by atoms with Crippen molar-refractivity contribution in [3.63, 3.8) is 0 Å². The second-order valence-corrected chi connectivity index (χ2v) is 5.52. The first kappa shape index (κ1) is 15.1. The average molecular weight is 277 g/mol. The molecule has 112 valence electrons. The molecule has 1 saturated heterocycles. The van der Waals surface area contributed by atoms with Crippen molar-refractivity contribution >= 4 is 5.69 Å². The molecule has 1 N–H and O–H groups in total. The van der Waals surface area contributed by atoms with Gasteiger partial charge in [-0.3, -0.25) is 0 Å². The minimum atomic E-state index is 0.438. The van der Waals surface area contributed by atoms with E-state index < -0.39 is 0 Å². The highest BCUT2D eigenvalue weighted by Crippen LogP contribution is 2.26. The van der Waals surface area contributed by atoms with E-state index in [1.165, 1.54) is 25.9 Å². The van der Waals surface area contributed by atoms with Crippen molar-refractivity contribution in [1.29, 1.82) is 0 Å². The van der Waals surface area contributed by atoms with Gasteiger partial charge in [0.1, 0.15) is 0 Å². The Bertz CT molecular complexity index is 410. The maximum Gasteiger partial charge on any atom is 0.237 e. The molecule has 1 aromatic heterocycles. The Labute approximate surface area is 122 Å². The molecule has 0 amide bonds. The molecule has 2 unspecified atom stereocenters. The SMILES string of the molecule is CCOc1ncccc1NC(C)C1CCCN(CC)C1. The number of likely N-dealkylation sites (tertiary alicyclic amines) is 1. The highest BCUT2D eigenvalue weighted by molar-refractivity contribution is 5.52. The summed E-state index contributed by atoms with van der Waals surface area (Å²) in [5.74, 6) is 1.41. The van der Waals surface area contributed by atoms with Gasteiger partial charge in [-0.15, -0.1) is 0 Å². The number of hydrogen-bond donors (Lipinski definition) is 1. The normalized spacial score (nSPS) is 21.4. The molecule has 0 aliphatic carbocycles. The van der Waals surface area contributed by atoms with Crippen LogP contribution in [0, 0.1) is 5.92 Å². The molecule has 0 spiro atoms. The molecule has 2 atom stereocenters. The molecule has 0 saturated carbocycles. The number of pyridine rings is 1. The van der Waals surface area contributed by atoms with Gasteiger partial charge < -0.3 is 15.0 Å². The van der Waals surface area contributed by atoms with Crippen molar-refractivity contribution < 1.29 is 4.74 Å². The minimum absolute atomic E-state index is 0.438. The topological polar surface area (TPSA) is 37.4 Å². The van der Waals surface area contributed by atoms with Crippen LogP contribution < -0.4 is 10.1 Å². The quantitative estimate of drug-likeness (QED) is 0.867. The summed E-state index contributed by atoms with van der Waals surface area (Å²) in [6, 6.07) is 4.44. The van der Waals surface area contributed by atoms with Crippen molar-refractivity contribution in [1.82, 2.24) is 9.88 Å². The van der Waals surface area contributed by atoms with Crippen molar-refractivity contribution in [2.75, 3.05) is 31.6 Å². The third-order valence-electron chi connectivity index (χ3n) is 4.13. The van der Waals surface area contributed by atoms with E-state index >= 15 is 0 Å². The molecular weight excluding hydrogens is 250 g/mol. The molecule has 0 bridgehead atoms. The summed E-state index contributed by atoms with van der Waals surface area (Å²) >= 11 is 0. The van der Waals surface area contributed by atoms with Gasteiger partial charge in [-0.05, 0) is 57.8 Å². The number of piperidine rings is 1. The van der Waals surface area contributed by atoms with E-state index in [1.54, 1.807) is 6.20 Å². The van der Waals surface area contributed by atoms with Gasteiger partial charge in [-0.25, -0.2) is 4.98 Å². The molecule has 0 aromatic carbocycles. The van der Waals surface area contributed by atoms with Crippen molar-refractivity contribution in [3.8, 4) is 5.88 Å². The van der Waals surface area contributed by atoms with Gasteiger partial charge in [0.05, 0.1) is 12.3 Å². The van der Waals surface area contributed by atoms with E-state index in [0.717, 1.165) is 12.2 Å². The summed E-state index contributed by atoms with van der Waals surface area (Å²) in [5, 5.41) is 3.60. The van der Waals surface area contributed by atoms with E-state index in [0.29, 0.717) is 24.4 Å². The smallest absolute Gasteiger partial charge is 0.237 e. The Morgan fingerprint density at radius 2 is 2.35 bits per heavy atom. The Morgan fingerprint density at radius 3 is 3.10 bits per heavy atom. The van der Waals surface area contributed by atoms with Crippen LogP contribution in [0.15, 0.2) is 18.3 Å². The fourth-order valence-electron chi connectivity index (χ4n) is 2.90. The van der Waals surface area contributed by atoms with Gasteiger partial charge in [0, 0.05) is 18.8 Å². The van der Waals surface area contributed by atoms with Gasteiger partial charge in [0.25, 0.3) is 0 Å². The molecule has 2 heterocycles. The fraction of sp³-hybridized carbons (Fsp3) is 0.688. The molecule has 20 heavy (non-hydrogen) atoms. The largest absolute Gasteiger partial charge is 0.476 e. The third-order valence-corrected chi connectivity index (χ3v) is 4.13. The van der Waals surface area contributed by atoms with E-state index in [9.17, 15) is 0 Å². The third kappa shape index (κ3) is 3.85. The van der Waals surface area contributed by atoms with Crippen molar-refractivity contribution in [2.24, 2.45) is 5.92 Å². The summed E-state index contributed by atoms with van der Waals surface area (Å²) in [7, 11) is 0. The minimum Gasteiger partial charge on any atom is -0.476 e. The van der Waals surface area contributed by atoms with Gasteiger partial charge >= 0.3 is 0 Å². The van der Waals surface area contributed by atoms with Crippen LogP contribution in [0.1, 0.15) is 33.6 Å². The van der Waals surface area contributed by atoms with Gasteiger partial charge in [-0.2, -0.15) is 0 Å². The predicted molar refractivity (Wildman–Crippen MR) is 83.3 cm³/mol. The number of aromatic nitrogens is 1. The zero-order chi connectivity index (χ0) is 14.4. The summed E-state index contributed by atoms with van der Waals surface area (Å²) in [4.78, 5) is 6.84. The standard InChI is InChI=1S/C16H27N3O/c1-4-19-11-7-8-14(12-19)13(3)18-15-9-6-10-17-16(15)20-5-2/h6,9-10,13-14,18H,4-5,7-8,11-12H2,1-3H3. The highest BCUT2D eigenvalue weighted by atomic mass is 16.5. The maximum atomic E-state index is 5.58. The molecule has 0 radical (unpaired) electrons. The lowest BCUT2D eigenvalue weighted by molar-refractivity contribution is 0.172. The molecular formula is C16H27N3O. The Kier molecular flexibility index (Phi) is 5.65. The van der Waals surface area contributed by atoms with Crippen LogP contribution in [0.5, 0.6) is 5.88 Å². The lowest BCUT2D eigenvalue weighted by Gasteiger charge is -2.35. The van der Waals surface area contributed by atoms with Crippen LogP contribution in [-0.4, -0.2) is 42.2 Å². The molecule has 1 aliphatic rings. The predicted octanol–water partition coefficient (Wildman–Crippen LogP) is 3.01. The number of hydrogen-bond acceptors (Lipinski definition) is 4. The Hall–Kier alpha value is -1.29. The summed E-state index contributed by atoms with van der Waals surface area (Å²) in [6.07, 6.45) is 4.38. The second kappa shape index (κ2) is 7.48. The van der Waals surface area contributed by atoms with Crippen LogP contribution in [0.3, 0.4) is 0 Å². The van der Waals surface area contributed by atoms with E-state index in [-0.39, 0.29) is 0 Å². The zero-order valence-corrected chi connectivity index (χ0v) is 12.9. The molecule has 4 nitrogen and oxygen atoms in total. The summed E-state index contributed by atoms with van der Waals surface area (Å²) in [5.41, 5.74) is 1.01. The number of nitrogens with one attached hydrogen (secondary N) is 1.